The Hall–Kier alpha value is 0.01000. The minimum absolute atomic E-state index is 0. The number of rotatable bonds is 4. The predicted octanol–water partition coefficient (Wildman–Crippen LogP) is 2.89. The van der Waals surface area contributed by atoms with Crippen molar-refractivity contribution in [2.24, 2.45) is 0 Å². The van der Waals surface area contributed by atoms with Gasteiger partial charge in [-0.1, -0.05) is 29.3 Å². The van der Waals surface area contributed by atoms with Crippen LogP contribution in [0.1, 0.15) is 12.5 Å². The van der Waals surface area contributed by atoms with Crippen LogP contribution < -0.4 is 5.32 Å². The van der Waals surface area contributed by atoms with Crippen LogP contribution in [-0.4, -0.2) is 17.8 Å². The SMILES string of the molecule is CC(O)CNCc1c(Cl)cccc1Cl.Cl. The smallest absolute Gasteiger partial charge is 0.0636 e. The molecule has 1 aromatic carbocycles. The van der Waals surface area contributed by atoms with Crippen molar-refractivity contribution in [3.63, 3.8) is 0 Å². The van der Waals surface area contributed by atoms with Gasteiger partial charge in [0.25, 0.3) is 0 Å². The van der Waals surface area contributed by atoms with Crippen LogP contribution in [0, 0.1) is 0 Å². The maximum Gasteiger partial charge on any atom is 0.0636 e. The van der Waals surface area contributed by atoms with E-state index in [1.165, 1.54) is 0 Å². The molecule has 0 radical (unpaired) electrons. The molecule has 5 heteroatoms. The van der Waals surface area contributed by atoms with Crippen molar-refractivity contribution in [1.29, 1.82) is 0 Å². The molecule has 0 saturated carbocycles. The van der Waals surface area contributed by atoms with Crippen molar-refractivity contribution in [2.75, 3.05) is 6.54 Å². The van der Waals surface area contributed by atoms with Gasteiger partial charge in [-0.15, -0.1) is 12.4 Å². The van der Waals surface area contributed by atoms with Crippen molar-refractivity contribution in [1.82, 2.24) is 5.32 Å². The van der Waals surface area contributed by atoms with Crippen LogP contribution >= 0.6 is 35.6 Å². The first kappa shape index (κ1) is 15.0. The molecule has 0 bridgehead atoms. The van der Waals surface area contributed by atoms with Gasteiger partial charge >= 0.3 is 0 Å². The molecule has 1 atom stereocenters. The summed E-state index contributed by atoms with van der Waals surface area (Å²) in [7, 11) is 0. The molecule has 0 aliphatic heterocycles. The Kier molecular flexibility index (Phi) is 7.32. The van der Waals surface area contributed by atoms with Crippen LogP contribution in [0.5, 0.6) is 0 Å². The Balaban J connectivity index is 0.00000196. The van der Waals surface area contributed by atoms with Gasteiger partial charge in [-0.25, -0.2) is 0 Å². The fourth-order valence-electron chi connectivity index (χ4n) is 1.11. The Bertz CT molecular complexity index is 284. The van der Waals surface area contributed by atoms with Gasteiger partial charge in [0, 0.05) is 28.7 Å². The summed E-state index contributed by atoms with van der Waals surface area (Å²) in [6, 6.07) is 5.41. The molecule has 0 saturated heterocycles. The molecule has 0 aromatic heterocycles. The second kappa shape index (κ2) is 7.31. The van der Waals surface area contributed by atoms with E-state index in [1.54, 1.807) is 19.1 Å². The highest BCUT2D eigenvalue weighted by atomic mass is 35.5. The number of halogens is 3. The molecule has 0 fully saturated rings. The molecule has 1 rings (SSSR count). The lowest BCUT2D eigenvalue weighted by Crippen LogP contribution is -2.24. The summed E-state index contributed by atoms with van der Waals surface area (Å²) in [5, 5.41) is 13.4. The molecular weight excluding hydrogens is 256 g/mol. The largest absolute Gasteiger partial charge is 0.392 e. The van der Waals surface area contributed by atoms with Crippen LogP contribution in [0.3, 0.4) is 0 Å². The van der Waals surface area contributed by atoms with Crippen molar-refractivity contribution in [2.45, 2.75) is 19.6 Å². The molecule has 15 heavy (non-hydrogen) atoms. The highest BCUT2D eigenvalue weighted by Gasteiger charge is 2.04. The van der Waals surface area contributed by atoms with Crippen LogP contribution in [0.4, 0.5) is 0 Å². The van der Waals surface area contributed by atoms with Crippen molar-refractivity contribution >= 4 is 35.6 Å². The predicted molar refractivity (Wildman–Crippen MR) is 67.1 cm³/mol. The first-order valence-corrected chi connectivity index (χ1v) is 5.18. The average Bonchev–Trinajstić information content (AvgIpc) is 2.09. The van der Waals surface area contributed by atoms with E-state index in [-0.39, 0.29) is 18.5 Å². The Morgan fingerprint density at radius 2 is 1.87 bits per heavy atom. The minimum atomic E-state index is -0.365. The number of aliphatic hydroxyl groups is 1. The van der Waals surface area contributed by atoms with Crippen molar-refractivity contribution < 1.29 is 5.11 Å². The summed E-state index contributed by atoms with van der Waals surface area (Å²) in [6.45, 7) is 2.83. The van der Waals surface area contributed by atoms with Crippen LogP contribution in [-0.2, 0) is 6.54 Å². The minimum Gasteiger partial charge on any atom is -0.392 e. The summed E-state index contributed by atoms with van der Waals surface area (Å²) in [5.74, 6) is 0. The van der Waals surface area contributed by atoms with Gasteiger partial charge in [-0.3, -0.25) is 0 Å². The normalized spacial score (nSPS) is 12.0. The number of hydrogen-bond acceptors (Lipinski definition) is 2. The molecule has 0 aliphatic carbocycles. The van der Waals surface area contributed by atoms with Gasteiger partial charge in [0.05, 0.1) is 6.10 Å². The van der Waals surface area contributed by atoms with E-state index in [1.807, 2.05) is 6.07 Å². The van der Waals surface area contributed by atoms with E-state index in [9.17, 15) is 0 Å². The average molecular weight is 271 g/mol. The fraction of sp³-hybridized carbons (Fsp3) is 0.400. The second-order valence-electron chi connectivity index (χ2n) is 3.18. The molecule has 2 N–H and O–H groups in total. The summed E-state index contributed by atoms with van der Waals surface area (Å²) >= 11 is 11.9. The van der Waals surface area contributed by atoms with Gasteiger partial charge in [0.2, 0.25) is 0 Å². The number of nitrogens with one attached hydrogen (secondary N) is 1. The Morgan fingerprint density at radius 1 is 1.33 bits per heavy atom. The number of hydrogen-bond donors (Lipinski definition) is 2. The third-order valence-electron chi connectivity index (χ3n) is 1.80. The third kappa shape index (κ3) is 5.05. The number of benzene rings is 1. The monoisotopic (exact) mass is 269 g/mol. The van der Waals surface area contributed by atoms with E-state index in [2.05, 4.69) is 5.32 Å². The summed E-state index contributed by atoms with van der Waals surface area (Å²) in [6.07, 6.45) is -0.365. The fourth-order valence-corrected chi connectivity index (χ4v) is 1.64. The lowest BCUT2D eigenvalue weighted by molar-refractivity contribution is 0.191. The van der Waals surface area contributed by atoms with E-state index in [0.717, 1.165) is 5.56 Å². The van der Waals surface area contributed by atoms with Gasteiger partial charge < -0.3 is 10.4 Å². The van der Waals surface area contributed by atoms with Crippen LogP contribution in [0.25, 0.3) is 0 Å². The summed E-state index contributed by atoms with van der Waals surface area (Å²) in [4.78, 5) is 0. The quantitative estimate of drug-likeness (QED) is 0.882. The van der Waals surface area contributed by atoms with E-state index in [0.29, 0.717) is 23.1 Å². The van der Waals surface area contributed by atoms with Crippen molar-refractivity contribution in [3.8, 4) is 0 Å². The lowest BCUT2D eigenvalue weighted by atomic mass is 10.2. The first-order valence-electron chi connectivity index (χ1n) is 4.43. The highest BCUT2D eigenvalue weighted by Crippen LogP contribution is 2.23. The molecular formula is C10H14Cl3NO. The number of aliphatic hydroxyl groups excluding tert-OH is 1. The molecule has 2 nitrogen and oxygen atoms in total. The zero-order valence-electron chi connectivity index (χ0n) is 8.34. The molecule has 0 aliphatic rings. The molecule has 0 amide bonds. The Morgan fingerprint density at radius 3 is 2.33 bits per heavy atom. The Labute approximate surface area is 106 Å². The van der Waals surface area contributed by atoms with Crippen LogP contribution in [0.15, 0.2) is 18.2 Å². The van der Waals surface area contributed by atoms with E-state index < -0.39 is 0 Å². The maximum absolute atomic E-state index is 9.04. The molecule has 0 spiro atoms. The second-order valence-corrected chi connectivity index (χ2v) is 3.99. The maximum atomic E-state index is 9.04. The van der Waals surface area contributed by atoms with Gasteiger partial charge in [-0.05, 0) is 19.1 Å². The molecule has 86 valence electrons. The van der Waals surface area contributed by atoms with Gasteiger partial charge in [0.1, 0.15) is 0 Å². The van der Waals surface area contributed by atoms with E-state index >= 15 is 0 Å². The van der Waals surface area contributed by atoms with Crippen LogP contribution in [0.2, 0.25) is 10.0 Å². The molecule has 1 unspecified atom stereocenters. The molecule has 1 aromatic rings. The standard InChI is InChI=1S/C10H13Cl2NO.ClH/c1-7(14)5-13-6-8-9(11)3-2-4-10(8)12;/h2-4,7,13-14H,5-6H2,1H3;1H. The summed E-state index contributed by atoms with van der Waals surface area (Å²) < 4.78 is 0. The lowest BCUT2D eigenvalue weighted by Gasteiger charge is -2.09. The highest BCUT2D eigenvalue weighted by molar-refractivity contribution is 6.35. The zero-order chi connectivity index (χ0) is 10.6. The van der Waals surface area contributed by atoms with Gasteiger partial charge in [0.15, 0.2) is 0 Å². The summed E-state index contributed by atoms with van der Waals surface area (Å²) in [5.41, 5.74) is 0.872. The first-order chi connectivity index (χ1) is 6.61. The van der Waals surface area contributed by atoms with E-state index in [4.69, 9.17) is 28.3 Å². The topological polar surface area (TPSA) is 32.3 Å². The molecule has 0 heterocycles. The third-order valence-corrected chi connectivity index (χ3v) is 2.51. The zero-order valence-corrected chi connectivity index (χ0v) is 10.7. The van der Waals surface area contributed by atoms with Gasteiger partial charge in [-0.2, -0.15) is 0 Å². The van der Waals surface area contributed by atoms with Crippen molar-refractivity contribution in [3.05, 3.63) is 33.8 Å².